The highest BCUT2D eigenvalue weighted by atomic mass is 127. The van der Waals surface area contributed by atoms with E-state index in [9.17, 15) is 4.79 Å². The molecule has 21 heavy (non-hydrogen) atoms. The number of benzene rings is 2. The van der Waals surface area contributed by atoms with Crippen molar-refractivity contribution in [3.63, 3.8) is 0 Å². The van der Waals surface area contributed by atoms with E-state index < -0.39 is 0 Å². The molecule has 0 fully saturated rings. The quantitative estimate of drug-likeness (QED) is 0.573. The van der Waals surface area contributed by atoms with Crippen LogP contribution in [0, 0.1) is 3.57 Å². The molecule has 0 aliphatic carbocycles. The maximum Gasteiger partial charge on any atom is 0.255 e. The third kappa shape index (κ3) is 3.31. The largest absolute Gasteiger partial charge is 0.334 e. The highest BCUT2D eigenvalue weighted by molar-refractivity contribution is 14.1. The Hall–Kier alpha value is -0.880. The molecule has 1 amide bonds. The molecule has 1 aliphatic heterocycles. The van der Waals surface area contributed by atoms with Crippen LogP contribution in [0.2, 0.25) is 0 Å². The minimum Gasteiger partial charge on any atom is -0.334 e. The number of fused-ring (bicyclic) bond motifs is 1. The first-order chi connectivity index (χ1) is 10.1. The Bertz CT molecular complexity index is 686. The number of nitrogens with zero attached hydrogens (tertiary/aromatic N) is 1. The summed E-state index contributed by atoms with van der Waals surface area (Å²) in [5.41, 5.74) is 3.39. The number of carbonyl (C=O) groups excluding carboxylic acids is 1. The van der Waals surface area contributed by atoms with Gasteiger partial charge in [0.2, 0.25) is 0 Å². The van der Waals surface area contributed by atoms with Gasteiger partial charge in [0.15, 0.2) is 0 Å². The van der Waals surface area contributed by atoms with Crippen LogP contribution < -0.4 is 0 Å². The Balaban J connectivity index is 1.90. The van der Waals surface area contributed by atoms with Gasteiger partial charge in [-0.1, -0.05) is 24.3 Å². The molecular formula is C17H15BrINO. The fourth-order valence-corrected chi connectivity index (χ4v) is 3.61. The number of halogens is 2. The zero-order valence-electron chi connectivity index (χ0n) is 11.5. The van der Waals surface area contributed by atoms with Gasteiger partial charge in [-0.05, 0) is 80.7 Å². The average molecular weight is 456 g/mol. The summed E-state index contributed by atoms with van der Waals surface area (Å²) in [7, 11) is 0. The van der Waals surface area contributed by atoms with Crippen molar-refractivity contribution >= 4 is 44.4 Å². The molecule has 0 radical (unpaired) electrons. The molecule has 108 valence electrons. The third-order valence-corrected chi connectivity index (χ3v) is 5.16. The first-order valence-corrected chi connectivity index (χ1v) is 8.83. The molecule has 0 saturated carbocycles. The summed E-state index contributed by atoms with van der Waals surface area (Å²) in [6.45, 7) is 1.51. The van der Waals surface area contributed by atoms with E-state index >= 15 is 0 Å². The van der Waals surface area contributed by atoms with Crippen molar-refractivity contribution in [3.8, 4) is 0 Å². The number of hydrogen-bond donors (Lipinski definition) is 0. The van der Waals surface area contributed by atoms with Crippen LogP contribution in [0.15, 0.2) is 46.9 Å². The second kappa shape index (κ2) is 6.48. The van der Waals surface area contributed by atoms with E-state index in [1.165, 1.54) is 11.1 Å². The van der Waals surface area contributed by atoms with E-state index in [2.05, 4.69) is 56.7 Å². The molecule has 1 heterocycles. The lowest BCUT2D eigenvalue weighted by Crippen LogP contribution is -2.31. The van der Waals surface area contributed by atoms with Crippen molar-refractivity contribution in [2.75, 3.05) is 6.54 Å². The highest BCUT2D eigenvalue weighted by Crippen LogP contribution is 2.24. The summed E-state index contributed by atoms with van der Waals surface area (Å²) >= 11 is 5.74. The van der Waals surface area contributed by atoms with E-state index in [0.29, 0.717) is 6.54 Å². The van der Waals surface area contributed by atoms with Gasteiger partial charge in [-0.3, -0.25) is 4.79 Å². The van der Waals surface area contributed by atoms with E-state index in [-0.39, 0.29) is 5.91 Å². The van der Waals surface area contributed by atoms with Gasteiger partial charge in [0.05, 0.1) is 5.56 Å². The topological polar surface area (TPSA) is 20.3 Å². The van der Waals surface area contributed by atoms with Gasteiger partial charge in [-0.15, -0.1) is 0 Å². The summed E-state index contributed by atoms with van der Waals surface area (Å²) < 4.78 is 1.94. The van der Waals surface area contributed by atoms with E-state index in [4.69, 9.17) is 0 Å². The number of hydrogen-bond acceptors (Lipinski definition) is 1. The van der Waals surface area contributed by atoms with E-state index in [1.807, 2.05) is 29.2 Å². The van der Waals surface area contributed by atoms with Crippen LogP contribution in [0.5, 0.6) is 0 Å². The SMILES string of the molecule is O=C(c1cc(I)ccc1Br)N1CCCc2ccccc2C1. The van der Waals surface area contributed by atoms with Crippen LogP contribution in [-0.4, -0.2) is 17.4 Å². The van der Waals surface area contributed by atoms with Crippen LogP contribution >= 0.6 is 38.5 Å². The van der Waals surface area contributed by atoms with Gasteiger partial charge in [0, 0.05) is 21.1 Å². The maximum atomic E-state index is 12.8. The number of amides is 1. The summed E-state index contributed by atoms with van der Waals surface area (Å²) in [5.74, 6) is 0.108. The smallest absolute Gasteiger partial charge is 0.255 e. The van der Waals surface area contributed by atoms with Crippen molar-refractivity contribution in [1.82, 2.24) is 4.90 Å². The minimum absolute atomic E-state index is 0.108. The van der Waals surface area contributed by atoms with Gasteiger partial charge in [-0.25, -0.2) is 0 Å². The molecule has 0 N–H and O–H groups in total. The molecular weight excluding hydrogens is 441 g/mol. The molecule has 4 heteroatoms. The van der Waals surface area contributed by atoms with Gasteiger partial charge in [-0.2, -0.15) is 0 Å². The third-order valence-electron chi connectivity index (χ3n) is 3.80. The van der Waals surface area contributed by atoms with Gasteiger partial charge >= 0.3 is 0 Å². The van der Waals surface area contributed by atoms with Crippen molar-refractivity contribution in [2.45, 2.75) is 19.4 Å². The summed E-state index contributed by atoms with van der Waals surface area (Å²) in [6.07, 6.45) is 2.07. The molecule has 0 saturated heterocycles. The van der Waals surface area contributed by atoms with Crippen molar-refractivity contribution in [2.24, 2.45) is 0 Å². The minimum atomic E-state index is 0.108. The van der Waals surface area contributed by atoms with Crippen LogP contribution in [0.25, 0.3) is 0 Å². The first kappa shape index (κ1) is 15.0. The molecule has 2 nitrogen and oxygen atoms in total. The molecule has 0 aromatic heterocycles. The summed E-state index contributed by atoms with van der Waals surface area (Å²) in [6, 6.07) is 14.3. The van der Waals surface area contributed by atoms with Crippen molar-refractivity contribution in [1.29, 1.82) is 0 Å². The average Bonchev–Trinajstić information content (AvgIpc) is 2.71. The molecule has 1 aliphatic rings. The zero-order chi connectivity index (χ0) is 14.8. The molecule has 0 spiro atoms. The van der Waals surface area contributed by atoms with Gasteiger partial charge in [0.25, 0.3) is 5.91 Å². The lowest BCUT2D eigenvalue weighted by Gasteiger charge is -2.21. The van der Waals surface area contributed by atoms with Crippen LogP contribution in [-0.2, 0) is 13.0 Å². The second-order valence-electron chi connectivity index (χ2n) is 5.22. The fourth-order valence-electron chi connectivity index (χ4n) is 2.71. The van der Waals surface area contributed by atoms with E-state index in [0.717, 1.165) is 33.0 Å². The Morgan fingerprint density at radius 1 is 1.14 bits per heavy atom. The highest BCUT2D eigenvalue weighted by Gasteiger charge is 2.21. The number of carbonyl (C=O) groups is 1. The maximum absolute atomic E-state index is 12.8. The van der Waals surface area contributed by atoms with Crippen molar-refractivity contribution < 1.29 is 4.79 Å². The van der Waals surface area contributed by atoms with E-state index in [1.54, 1.807) is 0 Å². The molecule has 2 aromatic rings. The number of aryl methyl sites for hydroxylation is 1. The predicted molar refractivity (Wildman–Crippen MR) is 96.4 cm³/mol. The molecule has 0 bridgehead atoms. The van der Waals surface area contributed by atoms with Crippen LogP contribution in [0.4, 0.5) is 0 Å². The normalized spacial score (nSPS) is 14.5. The summed E-state index contributed by atoms with van der Waals surface area (Å²) in [5, 5.41) is 0. The molecule has 3 rings (SSSR count). The predicted octanol–water partition coefficient (Wildman–Crippen LogP) is 4.64. The van der Waals surface area contributed by atoms with Crippen LogP contribution in [0.1, 0.15) is 27.9 Å². The molecule has 0 unspecified atom stereocenters. The zero-order valence-corrected chi connectivity index (χ0v) is 15.2. The summed E-state index contributed by atoms with van der Waals surface area (Å²) in [4.78, 5) is 14.8. The number of rotatable bonds is 1. The Morgan fingerprint density at radius 3 is 2.71 bits per heavy atom. The Kier molecular flexibility index (Phi) is 4.64. The standard InChI is InChI=1S/C17H15BrINO/c18-16-8-7-14(19)10-15(16)17(21)20-9-3-6-12-4-1-2-5-13(12)11-20/h1-2,4-5,7-8,10H,3,6,9,11H2. The van der Waals surface area contributed by atoms with Gasteiger partial charge in [0.1, 0.15) is 0 Å². The second-order valence-corrected chi connectivity index (χ2v) is 7.32. The molecule has 2 aromatic carbocycles. The first-order valence-electron chi connectivity index (χ1n) is 6.96. The lowest BCUT2D eigenvalue weighted by molar-refractivity contribution is 0.0745. The van der Waals surface area contributed by atoms with Crippen LogP contribution in [0.3, 0.4) is 0 Å². The Labute approximate surface area is 146 Å². The molecule has 0 atom stereocenters. The lowest BCUT2D eigenvalue weighted by atomic mass is 10.0. The van der Waals surface area contributed by atoms with Gasteiger partial charge < -0.3 is 4.90 Å². The Morgan fingerprint density at radius 2 is 1.90 bits per heavy atom. The monoisotopic (exact) mass is 455 g/mol. The fraction of sp³-hybridized carbons (Fsp3) is 0.235. The van der Waals surface area contributed by atoms with Crippen molar-refractivity contribution in [3.05, 3.63) is 67.2 Å².